The number of hydrogen-bond donors (Lipinski definition) is 3. The minimum Gasteiger partial charge on any atom is -0.465 e. The first-order chi connectivity index (χ1) is 16.5. The number of aryl methyl sites for hydroxylation is 1. The number of aromatic amines is 1. The van der Waals surface area contributed by atoms with Gasteiger partial charge in [0.15, 0.2) is 0 Å². The zero-order valence-corrected chi connectivity index (χ0v) is 21.0. The number of aliphatic hydroxyl groups excluding tert-OH is 1. The topological polar surface area (TPSA) is 158 Å². The minimum absolute atomic E-state index is 0.0222. The number of carbonyl (C=O) groups is 1. The molecule has 12 nitrogen and oxygen atoms in total. The second-order valence-electron chi connectivity index (χ2n) is 7.85. The molecule has 1 aromatic carbocycles. The van der Waals surface area contributed by atoms with E-state index >= 15 is 0 Å². The van der Waals surface area contributed by atoms with Crippen molar-refractivity contribution in [2.45, 2.75) is 51.7 Å². The van der Waals surface area contributed by atoms with Crippen LogP contribution in [0.4, 0.5) is 0 Å². The van der Waals surface area contributed by atoms with E-state index in [2.05, 4.69) is 10.1 Å². The number of halogens is 1. The van der Waals surface area contributed by atoms with E-state index in [1.165, 1.54) is 44.3 Å². The summed E-state index contributed by atoms with van der Waals surface area (Å²) in [6.45, 7) is 4.32. The fourth-order valence-corrected chi connectivity index (χ4v) is 4.92. The van der Waals surface area contributed by atoms with E-state index in [0.717, 1.165) is 4.57 Å². The fraction of sp³-hybridized carbons (Fsp3) is 0.476. The molecule has 1 aliphatic heterocycles. The van der Waals surface area contributed by atoms with E-state index in [9.17, 15) is 24.1 Å². The number of nitrogens with zero attached hydrogens (tertiary/aromatic N) is 1. The van der Waals surface area contributed by atoms with Gasteiger partial charge in [-0.15, -0.1) is 0 Å². The van der Waals surface area contributed by atoms with E-state index in [1.807, 2.05) is 0 Å². The van der Waals surface area contributed by atoms with Gasteiger partial charge in [0.05, 0.1) is 19.3 Å². The molecule has 1 saturated heterocycles. The first kappa shape index (κ1) is 27.1. The van der Waals surface area contributed by atoms with Crippen LogP contribution in [-0.4, -0.2) is 52.1 Å². The maximum atomic E-state index is 13.5. The lowest BCUT2D eigenvalue weighted by Crippen LogP contribution is -2.36. The van der Waals surface area contributed by atoms with E-state index in [4.69, 9.17) is 30.1 Å². The third-order valence-corrected chi connectivity index (χ3v) is 7.00. The third-order valence-electron chi connectivity index (χ3n) is 5.10. The fourth-order valence-electron chi connectivity index (χ4n) is 3.29. The average Bonchev–Trinajstić information content (AvgIpc) is 3.17. The summed E-state index contributed by atoms with van der Waals surface area (Å²) in [7, 11) is -4.19. The summed E-state index contributed by atoms with van der Waals surface area (Å²) in [5, 5.41) is 13.4. The van der Waals surface area contributed by atoms with Gasteiger partial charge in [0, 0.05) is 23.2 Å². The molecular formula is C21H27ClN3O9P. The maximum Gasteiger partial charge on any atom is 0.459 e. The maximum absolute atomic E-state index is 13.5. The number of hydrogen-bond acceptors (Lipinski definition) is 9. The van der Waals surface area contributed by atoms with Crippen molar-refractivity contribution in [2.24, 2.45) is 0 Å². The van der Waals surface area contributed by atoms with Crippen LogP contribution >= 0.6 is 19.3 Å². The Balaban J connectivity index is 1.74. The first-order valence-electron chi connectivity index (χ1n) is 10.8. The number of carbonyl (C=O) groups excluding carboxylic acids is 1. The lowest BCUT2D eigenvalue weighted by atomic mass is 10.2. The van der Waals surface area contributed by atoms with Crippen LogP contribution in [0, 0.1) is 6.92 Å². The van der Waals surface area contributed by atoms with Crippen LogP contribution in [0.15, 0.2) is 40.1 Å². The molecule has 0 saturated carbocycles. The largest absolute Gasteiger partial charge is 0.465 e. The second kappa shape index (κ2) is 11.5. The molecule has 2 aromatic rings. The summed E-state index contributed by atoms with van der Waals surface area (Å²) < 4.78 is 36.4. The van der Waals surface area contributed by atoms with E-state index < -0.39 is 56.0 Å². The Morgan fingerprint density at radius 3 is 2.71 bits per heavy atom. The van der Waals surface area contributed by atoms with Crippen molar-refractivity contribution in [3.8, 4) is 5.75 Å². The van der Waals surface area contributed by atoms with Gasteiger partial charge in [-0.3, -0.25) is 23.7 Å². The van der Waals surface area contributed by atoms with Crippen LogP contribution < -0.4 is 20.9 Å². The van der Waals surface area contributed by atoms with Gasteiger partial charge < -0.3 is 19.1 Å². The molecule has 0 amide bonds. The number of rotatable bonds is 10. The number of aromatic nitrogens is 2. The van der Waals surface area contributed by atoms with Crippen molar-refractivity contribution < 1.29 is 33.0 Å². The Kier molecular flexibility index (Phi) is 8.92. The number of aliphatic hydroxyl groups is 1. The quantitative estimate of drug-likeness (QED) is 0.305. The highest BCUT2D eigenvalue weighted by Gasteiger charge is 2.39. The van der Waals surface area contributed by atoms with E-state index in [1.54, 1.807) is 6.92 Å². The predicted molar refractivity (Wildman–Crippen MR) is 125 cm³/mol. The van der Waals surface area contributed by atoms with Crippen LogP contribution in [0.5, 0.6) is 5.75 Å². The molecule has 5 atom stereocenters. The second-order valence-corrected chi connectivity index (χ2v) is 9.98. The Labute approximate surface area is 205 Å². The van der Waals surface area contributed by atoms with Crippen LogP contribution in [0.2, 0.25) is 5.02 Å². The molecule has 3 rings (SSSR count). The molecule has 0 aliphatic carbocycles. The third kappa shape index (κ3) is 7.03. The van der Waals surface area contributed by atoms with E-state index in [-0.39, 0.29) is 18.8 Å². The predicted octanol–water partition coefficient (Wildman–Crippen LogP) is 1.89. The lowest BCUT2D eigenvalue weighted by Gasteiger charge is -2.24. The molecule has 2 heterocycles. The molecule has 0 bridgehead atoms. The molecule has 2 unspecified atom stereocenters. The van der Waals surface area contributed by atoms with Crippen molar-refractivity contribution in [3.63, 3.8) is 0 Å². The van der Waals surface area contributed by atoms with Gasteiger partial charge in [0.2, 0.25) is 0 Å². The number of ether oxygens (including phenoxy) is 2. The van der Waals surface area contributed by atoms with Crippen molar-refractivity contribution in [2.75, 3.05) is 13.2 Å². The highest BCUT2D eigenvalue weighted by atomic mass is 35.5. The summed E-state index contributed by atoms with van der Waals surface area (Å²) >= 11 is 5.88. The van der Waals surface area contributed by atoms with Gasteiger partial charge >= 0.3 is 19.4 Å². The number of benzene rings is 1. The Hall–Kier alpha value is -2.47. The van der Waals surface area contributed by atoms with Crippen LogP contribution in [-0.2, 0) is 23.4 Å². The lowest BCUT2D eigenvalue weighted by molar-refractivity contribution is -0.144. The minimum atomic E-state index is -4.19. The van der Waals surface area contributed by atoms with Crippen LogP contribution in [0.1, 0.15) is 32.1 Å². The van der Waals surface area contributed by atoms with Gasteiger partial charge in [-0.2, -0.15) is 5.09 Å². The van der Waals surface area contributed by atoms with Gasteiger partial charge in [0.1, 0.15) is 24.1 Å². The number of H-pyrrole nitrogens is 1. The summed E-state index contributed by atoms with van der Waals surface area (Å²) in [4.78, 5) is 38.0. The standard InChI is InChI=1S/C21H27ClN3O9P/c1-4-31-20(28)13(3)24-35(30,34-15-7-5-14(22)6-8-15)32-11-17-16(26)9-18(33-17)25-10-12(2)19(27)23-21(25)29/h5-8,10,13,16-18,26H,4,9,11H2,1-3H3,(H,24,30)(H,23,27,29)/t13-,16?,17+,18+,35?/m0/s1. The Morgan fingerprint density at radius 1 is 1.37 bits per heavy atom. The van der Waals surface area contributed by atoms with Gasteiger partial charge in [0.25, 0.3) is 5.56 Å². The molecule has 1 aliphatic rings. The van der Waals surface area contributed by atoms with E-state index in [0.29, 0.717) is 10.6 Å². The van der Waals surface area contributed by atoms with Crippen molar-refractivity contribution in [3.05, 3.63) is 61.9 Å². The molecule has 192 valence electrons. The van der Waals surface area contributed by atoms with Crippen molar-refractivity contribution >= 4 is 25.3 Å². The van der Waals surface area contributed by atoms with Crippen LogP contribution in [0.25, 0.3) is 0 Å². The Bertz CT molecular complexity index is 1200. The number of nitrogens with one attached hydrogen (secondary N) is 2. The SMILES string of the molecule is CCOC(=O)[C@H](C)NP(=O)(OC[C@H]1O[C@@H](n2cc(C)c(=O)[nH]c2=O)CC1O)Oc1ccc(Cl)cc1. The van der Waals surface area contributed by atoms with Crippen molar-refractivity contribution in [1.82, 2.24) is 14.6 Å². The number of esters is 1. The molecule has 14 heteroatoms. The van der Waals surface area contributed by atoms with Crippen molar-refractivity contribution in [1.29, 1.82) is 0 Å². The average molecular weight is 532 g/mol. The first-order valence-corrected chi connectivity index (χ1v) is 12.7. The molecule has 0 radical (unpaired) electrons. The Morgan fingerprint density at radius 2 is 2.06 bits per heavy atom. The smallest absolute Gasteiger partial charge is 0.459 e. The zero-order chi connectivity index (χ0) is 25.8. The van der Waals surface area contributed by atoms with Gasteiger partial charge in [-0.1, -0.05) is 11.6 Å². The zero-order valence-electron chi connectivity index (χ0n) is 19.3. The summed E-state index contributed by atoms with van der Waals surface area (Å²) in [5.74, 6) is -0.511. The molecule has 1 aromatic heterocycles. The normalized spacial score (nSPS) is 22.4. The molecule has 1 fully saturated rings. The highest BCUT2D eigenvalue weighted by molar-refractivity contribution is 7.52. The molecule has 35 heavy (non-hydrogen) atoms. The summed E-state index contributed by atoms with van der Waals surface area (Å²) in [6, 6.07) is 4.94. The molecule has 3 N–H and O–H groups in total. The highest BCUT2D eigenvalue weighted by Crippen LogP contribution is 2.46. The monoisotopic (exact) mass is 531 g/mol. The summed E-state index contributed by atoms with van der Waals surface area (Å²) in [5.41, 5.74) is -0.923. The van der Waals surface area contributed by atoms with Gasteiger partial charge in [-0.25, -0.2) is 9.36 Å². The molecule has 0 spiro atoms. The summed E-state index contributed by atoms with van der Waals surface area (Å²) in [6.07, 6.45) is -1.59. The van der Waals surface area contributed by atoms with Crippen LogP contribution in [0.3, 0.4) is 0 Å². The van der Waals surface area contributed by atoms with Gasteiger partial charge in [-0.05, 0) is 45.0 Å². The molecular weight excluding hydrogens is 505 g/mol.